The third-order valence-electron chi connectivity index (χ3n) is 2.80. The maximum absolute atomic E-state index is 11.5. The molecule has 1 aromatic carbocycles. The number of aromatic nitrogens is 1. The van der Waals surface area contributed by atoms with E-state index in [1.165, 1.54) is 5.56 Å². The number of para-hydroxylation sites is 1. The van der Waals surface area contributed by atoms with Crippen molar-refractivity contribution < 1.29 is 4.79 Å². The fourth-order valence-electron chi connectivity index (χ4n) is 1.97. The van der Waals surface area contributed by atoms with Crippen LogP contribution in [-0.4, -0.2) is 10.8 Å². The molecule has 1 aromatic heterocycles. The summed E-state index contributed by atoms with van der Waals surface area (Å²) in [6.07, 6.45) is 1.71. The Balaban J connectivity index is 2.81. The molecule has 0 bridgehead atoms. The van der Waals surface area contributed by atoms with Crippen molar-refractivity contribution in [2.24, 2.45) is 0 Å². The summed E-state index contributed by atoms with van der Waals surface area (Å²) in [5.74, 6) is 0.506. The van der Waals surface area contributed by atoms with Crippen LogP contribution in [0.3, 0.4) is 0 Å². The van der Waals surface area contributed by atoms with Gasteiger partial charge in [0.2, 0.25) is 0 Å². The Hall–Kier alpha value is -1.70. The second-order valence-electron chi connectivity index (χ2n) is 4.31. The fraction of sp³-hybridized carbons (Fsp3) is 0.286. The molecule has 2 aromatic rings. The van der Waals surface area contributed by atoms with Crippen LogP contribution in [0.5, 0.6) is 0 Å². The molecule has 0 N–H and O–H groups in total. The minimum Gasteiger partial charge on any atom is -0.294 e. The van der Waals surface area contributed by atoms with Crippen LogP contribution in [0.2, 0.25) is 0 Å². The summed E-state index contributed by atoms with van der Waals surface area (Å²) in [5.41, 5.74) is 2.90. The number of hydrogen-bond donors (Lipinski definition) is 0. The minimum atomic E-state index is 0.0910. The molecule has 2 rings (SSSR count). The van der Waals surface area contributed by atoms with Crippen LogP contribution in [-0.2, 0) is 0 Å². The molecular formula is C14H15NO. The van der Waals surface area contributed by atoms with Crippen molar-refractivity contribution in [1.82, 2.24) is 4.98 Å². The van der Waals surface area contributed by atoms with E-state index in [4.69, 9.17) is 0 Å². The number of fused-ring (bicyclic) bond motifs is 1. The molecule has 82 valence electrons. The number of ketones is 1. The lowest BCUT2D eigenvalue weighted by molar-refractivity contribution is 0.101. The van der Waals surface area contributed by atoms with Gasteiger partial charge in [-0.25, -0.2) is 0 Å². The second kappa shape index (κ2) is 4.05. The Morgan fingerprint density at radius 2 is 2.00 bits per heavy atom. The first-order chi connectivity index (χ1) is 7.61. The normalized spacial score (nSPS) is 11.0. The Kier molecular flexibility index (Phi) is 2.73. The highest BCUT2D eigenvalue weighted by atomic mass is 16.1. The maximum atomic E-state index is 11.5. The van der Waals surface area contributed by atoms with Crippen LogP contribution in [0, 0.1) is 0 Å². The molecule has 1 heterocycles. The summed E-state index contributed by atoms with van der Waals surface area (Å²) < 4.78 is 0. The smallest absolute Gasteiger partial charge is 0.160 e. The molecular weight excluding hydrogens is 198 g/mol. The largest absolute Gasteiger partial charge is 0.294 e. The Labute approximate surface area is 95.3 Å². The average Bonchev–Trinajstić information content (AvgIpc) is 2.27. The molecule has 0 saturated heterocycles. The molecule has 0 aliphatic rings. The van der Waals surface area contributed by atoms with Crippen molar-refractivity contribution in [3.8, 4) is 0 Å². The number of hydrogen-bond acceptors (Lipinski definition) is 2. The zero-order valence-electron chi connectivity index (χ0n) is 9.82. The van der Waals surface area contributed by atoms with Crippen molar-refractivity contribution >= 4 is 16.7 Å². The van der Waals surface area contributed by atoms with Crippen molar-refractivity contribution in [2.75, 3.05) is 0 Å². The van der Waals surface area contributed by atoms with E-state index < -0.39 is 0 Å². The van der Waals surface area contributed by atoms with Gasteiger partial charge in [-0.15, -0.1) is 0 Å². The summed E-state index contributed by atoms with van der Waals surface area (Å²) in [6.45, 7) is 5.87. The quantitative estimate of drug-likeness (QED) is 0.714. The third-order valence-corrected chi connectivity index (χ3v) is 2.80. The van der Waals surface area contributed by atoms with Gasteiger partial charge in [-0.2, -0.15) is 0 Å². The summed E-state index contributed by atoms with van der Waals surface area (Å²) in [5, 5.41) is 0.959. The van der Waals surface area contributed by atoms with Crippen LogP contribution in [0.25, 0.3) is 10.9 Å². The van der Waals surface area contributed by atoms with Crippen molar-refractivity contribution in [3.63, 3.8) is 0 Å². The van der Waals surface area contributed by atoms with E-state index in [0.717, 1.165) is 16.5 Å². The maximum Gasteiger partial charge on any atom is 0.160 e. The lowest BCUT2D eigenvalue weighted by Gasteiger charge is -2.10. The third kappa shape index (κ3) is 1.71. The highest BCUT2D eigenvalue weighted by molar-refractivity contribution is 6.06. The van der Waals surface area contributed by atoms with E-state index >= 15 is 0 Å². The highest BCUT2D eigenvalue weighted by Gasteiger charge is 2.10. The summed E-state index contributed by atoms with van der Waals surface area (Å²) >= 11 is 0. The standard InChI is InChI=1S/C14H15NO/c1-9(2)11-5-4-6-13-12(10(3)16)7-8-15-14(11)13/h4-9H,1-3H3. The van der Waals surface area contributed by atoms with E-state index in [1.807, 2.05) is 12.1 Å². The molecule has 0 amide bonds. The van der Waals surface area contributed by atoms with Gasteiger partial charge in [0.1, 0.15) is 0 Å². The van der Waals surface area contributed by atoms with E-state index in [2.05, 4.69) is 24.9 Å². The van der Waals surface area contributed by atoms with Gasteiger partial charge in [0.05, 0.1) is 5.52 Å². The minimum absolute atomic E-state index is 0.0910. The lowest BCUT2D eigenvalue weighted by Crippen LogP contribution is -1.98. The average molecular weight is 213 g/mol. The second-order valence-corrected chi connectivity index (χ2v) is 4.31. The predicted octanol–water partition coefficient (Wildman–Crippen LogP) is 3.56. The molecule has 0 saturated carbocycles. The van der Waals surface area contributed by atoms with E-state index in [1.54, 1.807) is 19.2 Å². The van der Waals surface area contributed by atoms with Crippen molar-refractivity contribution in [3.05, 3.63) is 41.6 Å². The van der Waals surface area contributed by atoms with E-state index in [9.17, 15) is 4.79 Å². The SMILES string of the molecule is CC(=O)c1ccnc2c(C(C)C)cccc12. The highest BCUT2D eigenvalue weighted by Crippen LogP contribution is 2.25. The van der Waals surface area contributed by atoms with Gasteiger partial charge in [-0.1, -0.05) is 32.0 Å². The van der Waals surface area contributed by atoms with E-state index in [0.29, 0.717) is 5.92 Å². The monoisotopic (exact) mass is 213 g/mol. The van der Waals surface area contributed by atoms with Gasteiger partial charge in [0.15, 0.2) is 5.78 Å². The van der Waals surface area contributed by atoms with Crippen molar-refractivity contribution in [1.29, 1.82) is 0 Å². The fourth-order valence-corrected chi connectivity index (χ4v) is 1.97. The molecule has 0 spiro atoms. The van der Waals surface area contributed by atoms with E-state index in [-0.39, 0.29) is 5.78 Å². The Morgan fingerprint density at radius 3 is 2.62 bits per heavy atom. The molecule has 0 fully saturated rings. The first-order valence-electron chi connectivity index (χ1n) is 5.50. The summed E-state index contributed by atoms with van der Waals surface area (Å²) in [6, 6.07) is 7.81. The summed E-state index contributed by atoms with van der Waals surface area (Å²) in [4.78, 5) is 15.9. The zero-order chi connectivity index (χ0) is 11.7. The van der Waals surface area contributed by atoms with Gasteiger partial charge in [0.25, 0.3) is 0 Å². The number of carbonyl (C=O) groups excluding carboxylic acids is 1. The number of Topliss-reactive ketones (excluding diaryl/α,β-unsaturated/α-hetero) is 1. The van der Waals surface area contributed by atoms with Crippen LogP contribution in [0.15, 0.2) is 30.5 Å². The molecule has 0 aliphatic carbocycles. The van der Waals surface area contributed by atoms with Gasteiger partial charge < -0.3 is 0 Å². The molecule has 0 aliphatic heterocycles. The molecule has 16 heavy (non-hydrogen) atoms. The van der Waals surface area contributed by atoms with Crippen LogP contribution >= 0.6 is 0 Å². The zero-order valence-corrected chi connectivity index (χ0v) is 9.82. The molecule has 2 heteroatoms. The number of nitrogens with zero attached hydrogens (tertiary/aromatic N) is 1. The number of rotatable bonds is 2. The molecule has 2 nitrogen and oxygen atoms in total. The van der Waals surface area contributed by atoms with Crippen LogP contribution < -0.4 is 0 Å². The topological polar surface area (TPSA) is 30.0 Å². The number of carbonyl (C=O) groups is 1. The van der Waals surface area contributed by atoms with Crippen LogP contribution in [0.4, 0.5) is 0 Å². The number of benzene rings is 1. The molecule has 0 radical (unpaired) electrons. The Bertz CT molecular complexity index is 543. The predicted molar refractivity (Wildman–Crippen MR) is 65.8 cm³/mol. The first kappa shape index (κ1) is 10.8. The van der Waals surface area contributed by atoms with Gasteiger partial charge in [-0.05, 0) is 24.5 Å². The number of pyridine rings is 1. The first-order valence-corrected chi connectivity index (χ1v) is 5.50. The molecule has 0 atom stereocenters. The van der Waals surface area contributed by atoms with Crippen molar-refractivity contribution in [2.45, 2.75) is 26.7 Å². The van der Waals surface area contributed by atoms with Crippen LogP contribution in [0.1, 0.15) is 42.6 Å². The lowest BCUT2D eigenvalue weighted by atomic mass is 9.97. The summed E-state index contributed by atoms with van der Waals surface area (Å²) in [7, 11) is 0. The van der Waals surface area contributed by atoms with Gasteiger partial charge >= 0.3 is 0 Å². The van der Waals surface area contributed by atoms with Gasteiger partial charge in [0, 0.05) is 17.1 Å². The van der Waals surface area contributed by atoms with Gasteiger partial charge in [-0.3, -0.25) is 9.78 Å². The molecule has 0 unspecified atom stereocenters. The Morgan fingerprint density at radius 1 is 1.25 bits per heavy atom.